The molecule has 0 radical (unpaired) electrons. The fourth-order valence-corrected chi connectivity index (χ4v) is 3.77. The van der Waals surface area contributed by atoms with Crippen LogP contribution in [0.25, 0.3) is 20.9 Å². The average Bonchev–Trinajstić information content (AvgIpc) is 3.21. The predicted octanol–water partition coefficient (Wildman–Crippen LogP) is 2.96. The maximum atomic E-state index is 12.3. The Hall–Kier alpha value is -2.25. The molecule has 4 heterocycles. The van der Waals surface area contributed by atoms with Gasteiger partial charge in [0.05, 0.1) is 29.0 Å². The van der Waals surface area contributed by atoms with Crippen molar-refractivity contribution in [3.8, 4) is 9.88 Å². The third-order valence-electron chi connectivity index (χ3n) is 3.15. The average molecular weight is 314 g/mol. The van der Waals surface area contributed by atoms with E-state index in [1.807, 2.05) is 22.9 Å². The summed E-state index contributed by atoms with van der Waals surface area (Å²) < 4.78 is 1.58. The molecule has 0 saturated heterocycles. The van der Waals surface area contributed by atoms with Gasteiger partial charge in [-0.3, -0.25) is 9.36 Å². The molecule has 0 saturated carbocycles. The number of aromatic nitrogens is 4. The van der Waals surface area contributed by atoms with E-state index >= 15 is 0 Å². The number of nitrogens with one attached hydrogen (secondary N) is 1. The van der Waals surface area contributed by atoms with Crippen LogP contribution >= 0.6 is 22.7 Å². The minimum Gasteiger partial charge on any atom is -0.355 e. The summed E-state index contributed by atoms with van der Waals surface area (Å²) in [6.07, 6.45) is 3.30. The summed E-state index contributed by atoms with van der Waals surface area (Å²) >= 11 is 3.26. The maximum absolute atomic E-state index is 12.3. The Bertz CT molecular complexity index is 949. The third-order valence-corrected chi connectivity index (χ3v) is 5.08. The van der Waals surface area contributed by atoms with E-state index < -0.39 is 0 Å². The molecular formula is C14H10N4OS2. The first-order valence-corrected chi connectivity index (χ1v) is 8.08. The quantitative estimate of drug-likeness (QED) is 0.632. The van der Waals surface area contributed by atoms with Crippen molar-refractivity contribution in [2.45, 2.75) is 6.54 Å². The van der Waals surface area contributed by atoms with Crippen LogP contribution in [0.2, 0.25) is 0 Å². The Morgan fingerprint density at radius 2 is 2.24 bits per heavy atom. The van der Waals surface area contributed by atoms with Gasteiger partial charge in [0, 0.05) is 11.6 Å². The molecule has 0 bridgehead atoms. The number of fused-ring (bicyclic) bond motifs is 1. The monoisotopic (exact) mass is 314 g/mol. The molecule has 0 unspecified atom stereocenters. The molecule has 4 aromatic heterocycles. The molecule has 0 aliphatic carbocycles. The number of thiophene rings is 1. The third kappa shape index (κ3) is 2.20. The van der Waals surface area contributed by atoms with Gasteiger partial charge in [0.25, 0.3) is 5.56 Å². The molecular weight excluding hydrogens is 304 g/mol. The van der Waals surface area contributed by atoms with Gasteiger partial charge in [0.1, 0.15) is 10.5 Å². The van der Waals surface area contributed by atoms with Crippen LogP contribution in [0, 0.1) is 0 Å². The van der Waals surface area contributed by atoms with Crippen molar-refractivity contribution in [1.29, 1.82) is 0 Å². The van der Waals surface area contributed by atoms with Crippen LogP contribution in [0.15, 0.2) is 46.3 Å². The molecule has 0 aliphatic heterocycles. The normalized spacial score (nSPS) is 11.2. The SMILES string of the molecule is O=c1c2[nH]ccc2ncn1Cc1csc(-c2cccs2)n1. The summed E-state index contributed by atoms with van der Waals surface area (Å²) in [7, 11) is 0. The highest BCUT2D eigenvalue weighted by Crippen LogP contribution is 2.27. The molecule has 21 heavy (non-hydrogen) atoms. The largest absolute Gasteiger partial charge is 0.355 e. The highest BCUT2D eigenvalue weighted by Gasteiger charge is 2.09. The number of rotatable bonds is 3. The van der Waals surface area contributed by atoms with E-state index in [-0.39, 0.29) is 5.56 Å². The fraction of sp³-hybridized carbons (Fsp3) is 0.0714. The Morgan fingerprint density at radius 3 is 3.10 bits per heavy atom. The van der Waals surface area contributed by atoms with Gasteiger partial charge in [-0.1, -0.05) is 6.07 Å². The summed E-state index contributed by atoms with van der Waals surface area (Å²) in [6, 6.07) is 5.85. The molecule has 0 aliphatic rings. The first kappa shape index (κ1) is 12.5. The fourth-order valence-electron chi connectivity index (χ4n) is 2.15. The second-order valence-electron chi connectivity index (χ2n) is 4.54. The summed E-state index contributed by atoms with van der Waals surface area (Å²) in [5.41, 5.74) is 2.02. The first-order valence-electron chi connectivity index (χ1n) is 6.32. The molecule has 0 aromatic carbocycles. The smallest absolute Gasteiger partial charge is 0.278 e. The number of thiazole rings is 1. The number of hydrogen-bond acceptors (Lipinski definition) is 5. The van der Waals surface area contributed by atoms with Gasteiger partial charge >= 0.3 is 0 Å². The summed E-state index contributed by atoms with van der Waals surface area (Å²) in [6.45, 7) is 0.433. The zero-order valence-corrected chi connectivity index (χ0v) is 12.4. The summed E-state index contributed by atoms with van der Waals surface area (Å²) in [4.78, 5) is 25.2. The van der Waals surface area contributed by atoms with Crippen molar-refractivity contribution in [3.05, 3.63) is 57.5 Å². The maximum Gasteiger partial charge on any atom is 0.278 e. The standard InChI is InChI=1S/C14H10N4OS2/c19-14-12-10(3-4-15-12)16-8-18(14)6-9-7-21-13(17-9)11-2-1-5-20-11/h1-5,7-8,15H,6H2. The Morgan fingerprint density at radius 1 is 1.29 bits per heavy atom. The zero-order valence-electron chi connectivity index (χ0n) is 10.8. The van der Waals surface area contributed by atoms with Gasteiger partial charge in [-0.25, -0.2) is 9.97 Å². The van der Waals surface area contributed by atoms with E-state index in [2.05, 4.69) is 15.0 Å². The molecule has 4 rings (SSSR count). The Kier molecular flexibility index (Phi) is 2.94. The van der Waals surface area contributed by atoms with E-state index in [1.165, 1.54) is 0 Å². The number of nitrogens with zero attached hydrogens (tertiary/aromatic N) is 3. The van der Waals surface area contributed by atoms with E-state index in [0.29, 0.717) is 17.6 Å². The Balaban J connectivity index is 1.68. The number of aromatic amines is 1. The lowest BCUT2D eigenvalue weighted by molar-refractivity contribution is 0.733. The lowest BCUT2D eigenvalue weighted by atomic mass is 10.4. The molecule has 0 fully saturated rings. The molecule has 0 amide bonds. The summed E-state index contributed by atoms with van der Waals surface area (Å²) in [5, 5.41) is 5.01. The van der Waals surface area contributed by atoms with Gasteiger partial charge in [-0.15, -0.1) is 22.7 Å². The van der Waals surface area contributed by atoms with Gasteiger partial charge in [0.15, 0.2) is 0 Å². The van der Waals surface area contributed by atoms with Crippen molar-refractivity contribution < 1.29 is 0 Å². The number of H-pyrrole nitrogens is 1. The highest BCUT2D eigenvalue weighted by molar-refractivity contribution is 7.20. The van der Waals surface area contributed by atoms with Crippen LogP contribution in [-0.4, -0.2) is 19.5 Å². The van der Waals surface area contributed by atoms with Gasteiger partial charge in [-0.05, 0) is 17.5 Å². The van der Waals surface area contributed by atoms with E-state index in [0.717, 1.165) is 15.6 Å². The lowest BCUT2D eigenvalue weighted by Crippen LogP contribution is -2.21. The lowest BCUT2D eigenvalue weighted by Gasteiger charge is -2.02. The van der Waals surface area contributed by atoms with Gasteiger partial charge < -0.3 is 4.98 Å². The van der Waals surface area contributed by atoms with Crippen molar-refractivity contribution >= 4 is 33.7 Å². The molecule has 5 nitrogen and oxygen atoms in total. The van der Waals surface area contributed by atoms with Crippen molar-refractivity contribution in [1.82, 2.24) is 19.5 Å². The van der Waals surface area contributed by atoms with Gasteiger partial charge in [-0.2, -0.15) is 0 Å². The summed E-state index contributed by atoms with van der Waals surface area (Å²) in [5.74, 6) is 0. The minimum absolute atomic E-state index is 0.0735. The van der Waals surface area contributed by atoms with Crippen molar-refractivity contribution in [2.24, 2.45) is 0 Å². The first-order chi connectivity index (χ1) is 10.3. The minimum atomic E-state index is -0.0735. The Labute approximate surface area is 127 Å². The van der Waals surface area contributed by atoms with Crippen LogP contribution in [0.1, 0.15) is 5.69 Å². The molecule has 0 atom stereocenters. The molecule has 0 spiro atoms. The second kappa shape index (κ2) is 4.94. The van der Waals surface area contributed by atoms with E-state index in [9.17, 15) is 4.79 Å². The van der Waals surface area contributed by atoms with Crippen LogP contribution in [0.3, 0.4) is 0 Å². The van der Waals surface area contributed by atoms with Crippen molar-refractivity contribution in [2.75, 3.05) is 0 Å². The van der Waals surface area contributed by atoms with Crippen molar-refractivity contribution in [3.63, 3.8) is 0 Å². The van der Waals surface area contributed by atoms with E-state index in [4.69, 9.17) is 0 Å². The molecule has 7 heteroatoms. The van der Waals surface area contributed by atoms with Crippen LogP contribution in [-0.2, 0) is 6.54 Å². The second-order valence-corrected chi connectivity index (χ2v) is 6.34. The highest BCUT2D eigenvalue weighted by atomic mass is 32.1. The zero-order chi connectivity index (χ0) is 14.2. The van der Waals surface area contributed by atoms with E-state index in [1.54, 1.807) is 45.8 Å². The van der Waals surface area contributed by atoms with Crippen LogP contribution in [0.5, 0.6) is 0 Å². The van der Waals surface area contributed by atoms with Crippen LogP contribution < -0.4 is 5.56 Å². The predicted molar refractivity (Wildman–Crippen MR) is 84.9 cm³/mol. The molecule has 4 aromatic rings. The molecule has 1 N–H and O–H groups in total. The topological polar surface area (TPSA) is 63.6 Å². The van der Waals surface area contributed by atoms with Gasteiger partial charge in [0.2, 0.25) is 0 Å². The number of hydrogen-bond donors (Lipinski definition) is 1. The molecule has 104 valence electrons. The van der Waals surface area contributed by atoms with Crippen LogP contribution in [0.4, 0.5) is 0 Å².